The van der Waals surface area contributed by atoms with Gasteiger partial charge in [0.25, 0.3) is 11.7 Å². The number of nitrogens with one attached hydrogen (secondary N) is 1. The normalized spacial score (nSPS) is 11.3. The number of primary sulfonamides is 1. The Balaban J connectivity index is 1.88. The molecule has 0 saturated heterocycles. The van der Waals surface area contributed by atoms with Crippen LogP contribution >= 0.6 is 0 Å². The van der Waals surface area contributed by atoms with Gasteiger partial charge in [0.1, 0.15) is 0 Å². The van der Waals surface area contributed by atoms with E-state index in [1.54, 1.807) is 19.1 Å². The molecule has 1 aromatic heterocycles. The number of sulfonamides is 1. The molecule has 0 unspecified atom stereocenters. The topological polar surface area (TPSA) is 128 Å². The van der Waals surface area contributed by atoms with Crippen LogP contribution in [0, 0.1) is 6.92 Å². The molecule has 0 atom stereocenters. The monoisotopic (exact) mass is 310 g/mol. The van der Waals surface area contributed by atoms with E-state index in [0.29, 0.717) is 18.9 Å². The zero-order valence-corrected chi connectivity index (χ0v) is 12.1. The van der Waals surface area contributed by atoms with Crippen LogP contribution < -0.4 is 10.5 Å². The second-order valence-electron chi connectivity index (χ2n) is 4.33. The minimum atomic E-state index is -3.68. The fourth-order valence-corrected chi connectivity index (χ4v) is 2.15. The Morgan fingerprint density at radius 1 is 1.33 bits per heavy atom. The lowest BCUT2D eigenvalue weighted by atomic mass is 10.1. The van der Waals surface area contributed by atoms with Crippen molar-refractivity contribution in [2.45, 2.75) is 18.2 Å². The van der Waals surface area contributed by atoms with Crippen LogP contribution in [0.25, 0.3) is 0 Å². The van der Waals surface area contributed by atoms with Gasteiger partial charge >= 0.3 is 0 Å². The number of aromatic nitrogens is 2. The quantitative estimate of drug-likeness (QED) is 0.799. The van der Waals surface area contributed by atoms with Crippen LogP contribution in [-0.2, 0) is 16.4 Å². The maximum Gasteiger partial charge on any atom is 0.292 e. The summed E-state index contributed by atoms with van der Waals surface area (Å²) in [6.07, 6.45) is 0.535. The van der Waals surface area contributed by atoms with Crippen LogP contribution in [0.5, 0.6) is 0 Å². The predicted molar refractivity (Wildman–Crippen MR) is 72.9 cm³/mol. The summed E-state index contributed by atoms with van der Waals surface area (Å²) >= 11 is 0. The van der Waals surface area contributed by atoms with E-state index in [4.69, 9.17) is 9.66 Å². The van der Waals surface area contributed by atoms with Gasteiger partial charge in [0.15, 0.2) is 0 Å². The fraction of sp³-hybridized carbons (Fsp3) is 0.250. The van der Waals surface area contributed by atoms with Gasteiger partial charge in [-0.05, 0) is 24.1 Å². The summed E-state index contributed by atoms with van der Waals surface area (Å²) in [4.78, 5) is 15.5. The van der Waals surface area contributed by atoms with Crippen molar-refractivity contribution in [1.82, 2.24) is 15.5 Å². The summed E-state index contributed by atoms with van der Waals surface area (Å²) in [5, 5.41) is 11.1. The molecule has 1 aromatic carbocycles. The van der Waals surface area contributed by atoms with Gasteiger partial charge in [-0.25, -0.2) is 13.6 Å². The van der Waals surface area contributed by atoms with Gasteiger partial charge in [0.05, 0.1) is 4.90 Å². The third-order valence-electron chi connectivity index (χ3n) is 2.68. The smallest absolute Gasteiger partial charge is 0.292 e. The minimum Gasteiger partial charge on any atom is -0.349 e. The van der Waals surface area contributed by atoms with E-state index in [1.165, 1.54) is 12.1 Å². The molecule has 0 aliphatic heterocycles. The third-order valence-corrected chi connectivity index (χ3v) is 3.61. The van der Waals surface area contributed by atoms with Crippen molar-refractivity contribution in [3.63, 3.8) is 0 Å². The number of carbonyl (C=O) groups is 1. The lowest BCUT2D eigenvalue weighted by molar-refractivity contribution is 0.0941. The van der Waals surface area contributed by atoms with E-state index >= 15 is 0 Å². The molecule has 21 heavy (non-hydrogen) atoms. The Hall–Kier alpha value is -2.26. The largest absolute Gasteiger partial charge is 0.349 e. The SMILES string of the molecule is Cc1nc(C(=O)NCCc2ccc(S(N)(=O)=O)cc2)no1. The molecule has 0 aliphatic rings. The maximum atomic E-state index is 11.6. The number of hydrogen-bond donors (Lipinski definition) is 2. The number of benzene rings is 1. The highest BCUT2D eigenvalue weighted by atomic mass is 32.2. The predicted octanol–water partition coefficient (Wildman–Crippen LogP) is -0.00208. The number of nitrogens with two attached hydrogens (primary N) is 1. The van der Waals surface area contributed by atoms with Crippen LogP contribution in [0.4, 0.5) is 0 Å². The molecule has 9 heteroatoms. The van der Waals surface area contributed by atoms with Gasteiger partial charge in [-0.2, -0.15) is 4.98 Å². The average Bonchev–Trinajstić information content (AvgIpc) is 2.85. The first-order valence-corrected chi connectivity index (χ1v) is 7.61. The van der Waals surface area contributed by atoms with Crippen molar-refractivity contribution in [2.75, 3.05) is 6.54 Å². The second kappa shape index (κ2) is 6.02. The van der Waals surface area contributed by atoms with E-state index in [1.807, 2.05) is 0 Å². The summed E-state index contributed by atoms with van der Waals surface area (Å²) in [6.45, 7) is 1.96. The lowest BCUT2D eigenvalue weighted by Gasteiger charge is -2.04. The van der Waals surface area contributed by atoms with E-state index in [0.717, 1.165) is 5.56 Å². The number of aryl methyl sites for hydroxylation is 1. The highest BCUT2D eigenvalue weighted by Crippen LogP contribution is 2.08. The highest BCUT2D eigenvalue weighted by Gasteiger charge is 2.12. The summed E-state index contributed by atoms with van der Waals surface area (Å²) in [6, 6.07) is 6.14. The van der Waals surface area contributed by atoms with Gasteiger partial charge in [0, 0.05) is 13.5 Å². The summed E-state index contributed by atoms with van der Waals surface area (Å²) in [7, 11) is -3.68. The highest BCUT2D eigenvalue weighted by molar-refractivity contribution is 7.89. The molecule has 2 rings (SSSR count). The fourth-order valence-electron chi connectivity index (χ4n) is 1.64. The van der Waals surface area contributed by atoms with Gasteiger partial charge in [-0.15, -0.1) is 0 Å². The maximum absolute atomic E-state index is 11.6. The molecule has 8 nitrogen and oxygen atoms in total. The number of amides is 1. The zero-order chi connectivity index (χ0) is 15.5. The van der Waals surface area contributed by atoms with E-state index in [9.17, 15) is 13.2 Å². The third kappa shape index (κ3) is 4.10. The van der Waals surface area contributed by atoms with Crippen molar-refractivity contribution in [3.05, 3.63) is 41.5 Å². The lowest BCUT2D eigenvalue weighted by Crippen LogP contribution is -2.26. The van der Waals surface area contributed by atoms with Gasteiger partial charge in [-0.3, -0.25) is 4.79 Å². The number of carbonyl (C=O) groups excluding carboxylic acids is 1. The van der Waals surface area contributed by atoms with Gasteiger partial charge in [0.2, 0.25) is 15.9 Å². The van der Waals surface area contributed by atoms with Crippen molar-refractivity contribution in [1.29, 1.82) is 0 Å². The van der Waals surface area contributed by atoms with Crippen LogP contribution in [-0.4, -0.2) is 31.0 Å². The number of rotatable bonds is 5. The molecule has 2 aromatic rings. The van der Waals surface area contributed by atoms with E-state index in [-0.39, 0.29) is 10.7 Å². The Morgan fingerprint density at radius 3 is 2.52 bits per heavy atom. The molecule has 1 amide bonds. The minimum absolute atomic E-state index is 0.0166. The first-order chi connectivity index (χ1) is 9.86. The van der Waals surface area contributed by atoms with Crippen LogP contribution in [0.3, 0.4) is 0 Å². The molecule has 112 valence electrons. The Labute approximate surface area is 121 Å². The van der Waals surface area contributed by atoms with Crippen molar-refractivity contribution >= 4 is 15.9 Å². The summed E-state index contributed by atoms with van der Waals surface area (Å²) in [5.41, 5.74) is 0.868. The van der Waals surface area contributed by atoms with Crippen molar-refractivity contribution in [2.24, 2.45) is 5.14 Å². The average molecular weight is 310 g/mol. The molecule has 0 fully saturated rings. The van der Waals surface area contributed by atoms with E-state index < -0.39 is 15.9 Å². The van der Waals surface area contributed by atoms with E-state index in [2.05, 4.69) is 15.5 Å². The van der Waals surface area contributed by atoms with Gasteiger partial charge in [-0.1, -0.05) is 17.3 Å². The van der Waals surface area contributed by atoms with Crippen molar-refractivity contribution < 1.29 is 17.7 Å². The molecule has 0 radical (unpaired) electrons. The Morgan fingerprint density at radius 2 is 2.00 bits per heavy atom. The summed E-state index contributed by atoms with van der Waals surface area (Å²) < 4.78 is 26.9. The molecular weight excluding hydrogens is 296 g/mol. The van der Waals surface area contributed by atoms with Gasteiger partial charge < -0.3 is 9.84 Å². The standard InChI is InChI=1S/C12H14N4O4S/c1-8-15-11(16-20-8)12(17)14-7-6-9-2-4-10(5-3-9)21(13,18)19/h2-5H,6-7H2,1H3,(H,14,17)(H2,13,18,19). The molecular formula is C12H14N4O4S. The van der Waals surface area contributed by atoms with Crippen LogP contribution in [0.1, 0.15) is 22.1 Å². The number of hydrogen-bond acceptors (Lipinski definition) is 6. The summed E-state index contributed by atoms with van der Waals surface area (Å²) in [5.74, 6) is -0.121. The Kier molecular flexibility index (Phi) is 4.34. The first kappa shape index (κ1) is 15.1. The molecule has 0 bridgehead atoms. The second-order valence-corrected chi connectivity index (χ2v) is 5.89. The Bertz CT molecular complexity index is 737. The van der Waals surface area contributed by atoms with Crippen molar-refractivity contribution in [3.8, 4) is 0 Å². The molecule has 0 aliphatic carbocycles. The molecule has 0 spiro atoms. The van der Waals surface area contributed by atoms with Crippen LogP contribution in [0.15, 0.2) is 33.7 Å². The zero-order valence-electron chi connectivity index (χ0n) is 11.2. The molecule has 0 saturated carbocycles. The van der Waals surface area contributed by atoms with Crippen LogP contribution in [0.2, 0.25) is 0 Å². The first-order valence-electron chi connectivity index (χ1n) is 6.06. The molecule has 3 N–H and O–H groups in total. The molecule has 1 heterocycles. The number of nitrogens with zero attached hydrogens (tertiary/aromatic N) is 2.